The molecule has 0 aromatic carbocycles. The van der Waals surface area contributed by atoms with Gasteiger partial charge in [0.15, 0.2) is 5.03 Å². The number of hydrogen-bond acceptors (Lipinski definition) is 5. The lowest BCUT2D eigenvalue weighted by atomic mass is 10.4. The van der Waals surface area contributed by atoms with Gasteiger partial charge in [-0.05, 0) is 18.6 Å². The summed E-state index contributed by atoms with van der Waals surface area (Å²) in [6, 6.07) is 3.41. The van der Waals surface area contributed by atoms with Crippen molar-refractivity contribution >= 4 is 16.5 Å². The number of aromatic nitrogens is 4. The third-order valence-electron chi connectivity index (χ3n) is 2.41. The van der Waals surface area contributed by atoms with E-state index in [9.17, 15) is 4.21 Å². The first-order chi connectivity index (χ1) is 8.72. The van der Waals surface area contributed by atoms with E-state index in [2.05, 4.69) is 22.0 Å². The van der Waals surface area contributed by atoms with Crippen LogP contribution in [-0.4, -0.2) is 24.0 Å². The van der Waals surface area contributed by atoms with Crippen LogP contribution in [0.1, 0.15) is 19.2 Å². The Labute approximate surface area is 108 Å². The van der Waals surface area contributed by atoms with Crippen LogP contribution in [0.15, 0.2) is 29.7 Å². The van der Waals surface area contributed by atoms with Gasteiger partial charge >= 0.3 is 0 Å². The zero-order valence-corrected chi connectivity index (χ0v) is 10.9. The number of pyridine rings is 1. The largest absolute Gasteiger partial charge is 0.396 e. The topological polar surface area (TPSA) is 86.7 Å². The zero-order valence-electron chi connectivity index (χ0n) is 10.1. The molecule has 0 aliphatic carbocycles. The van der Waals surface area contributed by atoms with Crippen LogP contribution in [0.3, 0.4) is 0 Å². The highest BCUT2D eigenvalue weighted by Crippen LogP contribution is 2.15. The first-order valence-corrected chi connectivity index (χ1v) is 6.99. The van der Waals surface area contributed by atoms with Crippen LogP contribution in [0.4, 0.5) is 5.69 Å². The van der Waals surface area contributed by atoms with Crippen LogP contribution in [-0.2, 0) is 23.1 Å². The van der Waals surface area contributed by atoms with E-state index in [1.165, 1.54) is 6.33 Å². The summed E-state index contributed by atoms with van der Waals surface area (Å²) in [7, 11) is -1.30. The van der Waals surface area contributed by atoms with Crippen LogP contribution in [0.5, 0.6) is 0 Å². The smallest absolute Gasteiger partial charge is 0.150 e. The van der Waals surface area contributed by atoms with Crippen LogP contribution in [0.25, 0.3) is 0 Å². The number of hydrogen-bond donors (Lipinski definition) is 1. The van der Waals surface area contributed by atoms with Gasteiger partial charge in [0.25, 0.3) is 0 Å². The fourth-order valence-corrected chi connectivity index (χ4v) is 2.68. The Kier molecular flexibility index (Phi) is 4.03. The number of nitrogens with two attached hydrogens (primary N) is 1. The molecular formula is C11H15N5OS. The molecule has 2 N–H and O–H groups in total. The van der Waals surface area contributed by atoms with Gasteiger partial charge in [-0.25, -0.2) is 14.6 Å². The highest BCUT2D eigenvalue weighted by Gasteiger charge is 2.13. The molecule has 2 aromatic rings. The van der Waals surface area contributed by atoms with E-state index in [0.717, 1.165) is 13.0 Å². The van der Waals surface area contributed by atoms with E-state index in [4.69, 9.17) is 5.73 Å². The molecule has 0 saturated carbocycles. The molecule has 0 saturated heterocycles. The number of anilines is 1. The molecule has 1 atom stereocenters. The van der Waals surface area contributed by atoms with Crippen LogP contribution in [0.2, 0.25) is 0 Å². The summed E-state index contributed by atoms with van der Waals surface area (Å²) in [6.07, 6.45) is 4.01. The predicted octanol–water partition coefficient (Wildman–Crippen LogP) is 0.973. The van der Waals surface area contributed by atoms with Crippen molar-refractivity contribution < 1.29 is 4.21 Å². The van der Waals surface area contributed by atoms with E-state index in [1.54, 1.807) is 23.0 Å². The number of nitrogen functional groups attached to an aromatic ring is 1. The zero-order chi connectivity index (χ0) is 13.0. The van der Waals surface area contributed by atoms with E-state index in [0.29, 0.717) is 16.5 Å². The second-order valence-corrected chi connectivity index (χ2v) is 5.15. The molecule has 96 valence electrons. The SMILES string of the molecule is CCCn1ncnc1CS(=O)c1ncccc1N. The predicted molar refractivity (Wildman–Crippen MR) is 69.1 cm³/mol. The Morgan fingerprint density at radius 3 is 3.00 bits per heavy atom. The van der Waals surface area contributed by atoms with Gasteiger partial charge in [-0.15, -0.1) is 0 Å². The average molecular weight is 265 g/mol. The second-order valence-electron chi connectivity index (χ2n) is 3.79. The van der Waals surface area contributed by atoms with Gasteiger partial charge in [0, 0.05) is 12.7 Å². The fraction of sp³-hybridized carbons (Fsp3) is 0.364. The molecular weight excluding hydrogens is 250 g/mol. The van der Waals surface area contributed by atoms with Crippen molar-refractivity contribution in [2.45, 2.75) is 30.7 Å². The van der Waals surface area contributed by atoms with Crippen molar-refractivity contribution in [2.24, 2.45) is 0 Å². The molecule has 2 aromatic heterocycles. The van der Waals surface area contributed by atoms with Crippen molar-refractivity contribution in [2.75, 3.05) is 5.73 Å². The van der Waals surface area contributed by atoms with Gasteiger partial charge in [0.05, 0.1) is 22.2 Å². The second kappa shape index (κ2) is 5.72. The third kappa shape index (κ3) is 2.73. The van der Waals surface area contributed by atoms with Crippen molar-refractivity contribution in [3.05, 3.63) is 30.5 Å². The maximum absolute atomic E-state index is 12.2. The molecule has 0 aliphatic heterocycles. The molecule has 0 radical (unpaired) electrons. The van der Waals surface area contributed by atoms with Gasteiger partial charge in [0.2, 0.25) is 0 Å². The molecule has 0 fully saturated rings. The summed E-state index contributed by atoms with van der Waals surface area (Å²) in [4.78, 5) is 8.17. The van der Waals surface area contributed by atoms with Crippen LogP contribution in [0, 0.1) is 0 Å². The maximum Gasteiger partial charge on any atom is 0.150 e. The highest BCUT2D eigenvalue weighted by atomic mass is 32.2. The Bertz CT molecular complexity index is 554. The fourth-order valence-electron chi connectivity index (χ4n) is 1.58. The minimum atomic E-state index is -1.30. The molecule has 7 heteroatoms. The van der Waals surface area contributed by atoms with E-state index in [-0.39, 0.29) is 5.75 Å². The molecule has 0 aliphatic rings. The summed E-state index contributed by atoms with van der Waals surface area (Å²) >= 11 is 0. The number of rotatable bonds is 5. The van der Waals surface area contributed by atoms with Gasteiger partial charge in [-0.3, -0.25) is 4.21 Å². The maximum atomic E-state index is 12.2. The third-order valence-corrected chi connectivity index (χ3v) is 3.70. The lowest BCUT2D eigenvalue weighted by Gasteiger charge is -2.05. The molecule has 0 bridgehead atoms. The minimum Gasteiger partial charge on any atom is -0.396 e. The molecule has 6 nitrogen and oxygen atoms in total. The Balaban J connectivity index is 2.17. The van der Waals surface area contributed by atoms with E-state index < -0.39 is 10.8 Å². The van der Waals surface area contributed by atoms with Gasteiger partial charge in [0.1, 0.15) is 12.2 Å². The summed E-state index contributed by atoms with van der Waals surface area (Å²) in [5.41, 5.74) is 6.19. The molecule has 0 spiro atoms. The van der Waals surface area contributed by atoms with Crippen molar-refractivity contribution in [1.82, 2.24) is 19.7 Å². The summed E-state index contributed by atoms with van der Waals surface area (Å²) in [5.74, 6) is 0.974. The quantitative estimate of drug-likeness (QED) is 0.870. The monoisotopic (exact) mass is 265 g/mol. The molecule has 2 rings (SSSR count). The number of nitrogens with zero attached hydrogens (tertiary/aromatic N) is 4. The lowest BCUT2D eigenvalue weighted by Crippen LogP contribution is -2.10. The highest BCUT2D eigenvalue weighted by molar-refractivity contribution is 7.84. The van der Waals surface area contributed by atoms with E-state index in [1.807, 2.05) is 0 Å². The minimum absolute atomic E-state index is 0.279. The average Bonchev–Trinajstić information content (AvgIpc) is 2.78. The summed E-state index contributed by atoms with van der Waals surface area (Å²) in [5, 5.41) is 4.50. The Hall–Kier alpha value is -1.76. The van der Waals surface area contributed by atoms with Crippen LogP contribution < -0.4 is 5.73 Å². The summed E-state index contributed by atoms with van der Waals surface area (Å²) in [6.45, 7) is 2.82. The van der Waals surface area contributed by atoms with Crippen molar-refractivity contribution in [3.8, 4) is 0 Å². The van der Waals surface area contributed by atoms with Crippen molar-refractivity contribution in [3.63, 3.8) is 0 Å². The Morgan fingerprint density at radius 2 is 2.28 bits per heavy atom. The van der Waals surface area contributed by atoms with Crippen LogP contribution >= 0.6 is 0 Å². The molecule has 0 amide bonds. The standard InChI is InChI=1S/C11H15N5OS/c1-2-6-16-10(14-8-15-16)7-18(17)11-9(12)4-3-5-13-11/h3-5,8H,2,6-7,12H2,1H3. The Morgan fingerprint density at radius 1 is 1.44 bits per heavy atom. The first-order valence-electron chi connectivity index (χ1n) is 5.68. The van der Waals surface area contributed by atoms with Gasteiger partial charge in [-0.2, -0.15) is 5.10 Å². The normalized spacial score (nSPS) is 12.5. The van der Waals surface area contributed by atoms with Gasteiger partial charge in [-0.1, -0.05) is 6.92 Å². The molecule has 1 unspecified atom stereocenters. The van der Waals surface area contributed by atoms with Crippen molar-refractivity contribution in [1.29, 1.82) is 0 Å². The van der Waals surface area contributed by atoms with Gasteiger partial charge < -0.3 is 5.73 Å². The number of aryl methyl sites for hydroxylation is 1. The summed E-state index contributed by atoms with van der Waals surface area (Å²) < 4.78 is 13.9. The first kappa shape index (κ1) is 12.7. The molecule has 2 heterocycles. The lowest BCUT2D eigenvalue weighted by molar-refractivity contribution is 0.579. The molecule has 18 heavy (non-hydrogen) atoms. The van der Waals surface area contributed by atoms with E-state index >= 15 is 0 Å².